The van der Waals surface area contributed by atoms with Gasteiger partial charge >= 0.3 is 12.1 Å². The van der Waals surface area contributed by atoms with Crippen LogP contribution in [0.4, 0.5) is 13.2 Å². The quantitative estimate of drug-likeness (QED) is 0.794. The minimum absolute atomic E-state index is 0.0292. The predicted molar refractivity (Wildman–Crippen MR) is 90.3 cm³/mol. The molecule has 1 aliphatic heterocycles. The number of aryl methyl sites for hydroxylation is 2. The van der Waals surface area contributed by atoms with Crippen molar-refractivity contribution in [2.45, 2.75) is 26.4 Å². The van der Waals surface area contributed by atoms with Crippen LogP contribution in [0, 0.1) is 13.8 Å². The molecule has 0 aliphatic carbocycles. The lowest BCUT2D eigenvalue weighted by molar-refractivity contribution is -0.185. The SMILES string of the molecule is Cc1cc(OCC(=O)N2CCCN(C(=O)C(F)(F)F)CC2)cc(C)c1Cl. The van der Waals surface area contributed by atoms with E-state index < -0.39 is 12.1 Å². The molecule has 0 spiro atoms. The second kappa shape index (κ2) is 8.16. The fourth-order valence-corrected chi connectivity index (χ4v) is 2.88. The Morgan fingerprint density at radius 1 is 1.08 bits per heavy atom. The van der Waals surface area contributed by atoms with E-state index in [0.29, 0.717) is 10.8 Å². The molecular formula is C17H20ClF3N2O3. The zero-order valence-electron chi connectivity index (χ0n) is 14.5. The molecule has 0 atom stereocenters. The summed E-state index contributed by atoms with van der Waals surface area (Å²) in [4.78, 5) is 25.7. The first-order chi connectivity index (χ1) is 12.1. The maximum absolute atomic E-state index is 12.5. The molecule has 144 valence electrons. The van der Waals surface area contributed by atoms with Gasteiger partial charge in [0.25, 0.3) is 5.91 Å². The lowest BCUT2D eigenvalue weighted by atomic mass is 10.1. The van der Waals surface area contributed by atoms with E-state index in [1.807, 2.05) is 13.8 Å². The molecule has 26 heavy (non-hydrogen) atoms. The highest BCUT2D eigenvalue weighted by Gasteiger charge is 2.42. The summed E-state index contributed by atoms with van der Waals surface area (Å²) in [6, 6.07) is 3.43. The van der Waals surface area contributed by atoms with Crippen molar-refractivity contribution in [3.8, 4) is 5.75 Å². The van der Waals surface area contributed by atoms with Crippen LogP contribution in [0.5, 0.6) is 5.75 Å². The number of nitrogens with zero attached hydrogens (tertiary/aromatic N) is 2. The second-order valence-corrected chi connectivity index (χ2v) is 6.56. The number of alkyl halides is 3. The summed E-state index contributed by atoms with van der Waals surface area (Å²) >= 11 is 6.08. The standard InChI is InChI=1S/C17H20ClF3N2O3/c1-11-8-13(9-12(2)15(11)18)26-10-14(24)22-4-3-5-23(7-6-22)16(25)17(19,20)21/h8-9H,3-7,10H2,1-2H3. The van der Waals surface area contributed by atoms with E-state index in [2.05, 4.69) is 0 Å². The number of ether oxygens (including phenoxy) is 1. The van der Waals surface area contributed by atoms with Crippen LogP contribution in [0.3, 0.4) is 0 Å². The van der Waals surface area contributed by atoms with Gasteiger partial charge in [-0.3, -0.25) is 9.59 Å². The van der Waals surface area contributed by atoms with Crippen molar-refractivity contribution in [2.75, 3.05) is 32.8 Å². The van der Waals surface area contributed by atoms with Gasteiger partial charge in [-0.15, -0.1) is 0 Å². The van der Waals surface area contributed by atoms with E-state index >= 15 is 0 Å². The first-order valence-corrected chi connectivity index (χ1v) is 8.51. The molecule has 1 aliphatic rings. The lowest BCUT2D eigenvalue weighted by Gasteiger charge is -2.23. The number of halogens is 4. The third-order valence-electron chi connectivity index (χ3n) is 4.15. The van der Waals surface area contributed by atoms with E-state index in [1.165, 1.54) is 4.90 Å². The maximum Gasteiger partial charge on any atom is 0.471 e. The van der Waals surface area contributed by atoms with Crippen LogP contribution in [0.15, 0.2) is 12.1 Å². The number of rotatable bonds is 3. The molecule has 0 unspecified atom stereocenters. The molecule has 0 N–H and O–H groups in total. The number of carbonyl (C=O) groups is 2. The summed E-state index contributed by atoms with van der Waals surface area (Å²) in [6.07, 6.45) is -4.61. The molecule has 1 fully saturated rings. The predicted octanol–water partition coefficient (Wildman–Crippen LogP) is 2.96. The number of hydrogen-bond donors (Lipinski definition) is 0. The Morgan fingerprint density at radius 3 is 2.19 bits per heavy atom. The van der Waals surface area contributed by atoms with Gasteiger partial charge in [0.15, 0.2) is 6.61 Å². The molecule has 0 radical (unpaired) electrons. The molecule has 1 aromatic rings. The van der Waals surface area contributed by atoms with Crippen molar-refractivity contribution in [1.29, 1.82) is 0 Å². The van der Waals surface area contributed by atoms with Crippen LogP contribution in [0.25, 0.3) is 0 Å². The Hall–Kier alpha value is -1.96. The molecule has 2 amide bonds. The summed E-state index contributed by atoms with van der Waals surface area (Å²) in [7, 11) is 0. The van der Waals surface area contributed by atoms with Crippen molar-refractivity contribution in [1.82, 2.24) is 9.80 Å². The highest BCUT2D eigenvalue weighted by Crippen LogP contribution is 2.26. The molecule has 0 aromatic heterocycles. The molecule has 0 saturated carbocycles. The minimum Gasteiger partial charge on any atom is -0.484 e. The van der Waals surface area contributed by atoms with Crippen molar-refractivity contribution in [2.24, 2.45) is 0 Å². The summed E-state index contributed by atoms with van der Waals surface area (Å²) in [6.45, 7) is 3.57. The van der Waals surface area contributed by atoms with Crippen LogP contribution in [0.2, 0.25) is 5.02 Å². The van der Waals surface area contributed by atoms with Gasteiger partial charge in [0.05, 0.1) is 0 Å². The molecular weight excluding hydrogens is 373 g/mol. The first-order valence-electron chi connectivity index (χ1n) is 8.13. The van der Waals surface area contributed by atoms with Crippen LogP contribution in [0.1, 0.15) is 17.5 Å². The van der Waals surface area contributed by atoms with Crippen molar-refractivity contribution in [3.05, 3.63) is 28.3 Å². The van der Waals surface area contributed by atoms with Crippen LogP contribution < -0.4 is 4.74 Å². The van der Waals surface area contributed by atoms with E-state index in [9.17, 15) is 22.8 Å². The highest BCUT2D eigenvalue weighted by molar-refractivity contribution is 6.32. The summed E-state index contributed by atoms with van der Waals surface area (Å²) in [5, 5.41) is 0.630. The van der Waals surface area contributed by atoms with E-state index in [-0.39, 0.29) is 45.1 Å². The van der Waals surface area contributed by atoms with E-state index in [1.54, 1.807) is 12.1 Å². The molecule has 1 saturated heterocycles. The summed E-state index contributed by atoms with van der Waals surface area (Å²) in [5.74, 6) is -1.70. The fourth-order valence-electron chi connectivity index (χ4n) is 2.78. The van der Waals surface area contributed by atoms with Gasteiger partial charge in [0.2, 0.25) is 0 Å². The smallest absolute Gasteiger partial charge is 0.471 e. The Morgan fingerprint density at radius 2 is 1.62 bits per heavy atom. The van der Waals surface area contributed by atoms with Gasteiger partial charge < -0.3 is 14.5 Å². The van der Waals surface area contributed by atoms with E-state index in [0.717, 1.165) is 16.0 Å². The Labute approximate surface area is 154 Å². The average molecular weight is 393 g/mol. The third-order valence-corrected chi connectivity index (χ3v) is 4.75. The molecule has 5 nitrogen and oxygen atoms in total. The zero-order chi connectivity index (χ0) is 19.5. The normalized spacial score (nSPS) is 15.6. The Bertz CT molecular complexity index is 671. The van der Waals surface area contributed by atoms with Crippen molar-refractivity contribution >= 4 is 23.4 Å². The molecule has 1 aromatic carbocycles. The van der Waals surface area contributed by atoms with Crippen LogP contribution in [-0.2, 0) is 9.59 Å². The monoisotopic (exact) mass is 392 g/mol. The van der Waals surface area contributed by atoms with Crippen molar-refractivity contribution in [3.63, 3.8) is 0 Å². The van der Waals surface area contributed by atoms with Gasteiger partial charge in [0, 0.05) is 31.2 Å². The average Bonchev–Trinajstić information content (AvgIpc) is 2.81. The highest BCUT2D eigenvalue weighted by atomic mass is 35.5. The third kappa shape index (κ3) is 5.03. The van der Waals surface area contributed by atoms with Crippen LogP contribution >= 0.6 is 11.6 Å². The zero-order valence-corrected chi connectivity index (χ0v) is 15.3. The molecule has 2 rings (SSSR count). The summed E-state index contributed by atoms with van der Waals surface area (Å²) < 4.78 is 43.1. The first kappa shape index (κ1) is 20.4. The topological polar surface area (TPSA) is 49.9 Å². The van der Waals surface area contributed by atoms with Gasteiger partial charge in [-0.2, -0.15) is 13.2 Å². The minimum atomic E-state index is -4.90. The number of hydrogen-bond acceptors (Lipinski definition) is 3. The van der Waals surface area contributed by atoms with Crippen molar-refractivity contribution < 1.29 is 27.5 Å². The lowest BCUT2D eigenvalue weighted by Crippen LogP contribution is -2.44. The second-order valence-electron chi connectivity index (χ2n) is 6.18. The number of benzene rings is 1. The fraction of sp³-hybridized carbons (Fsp3) is 0.529. The van der Waals surface area contributed by atoms with E-state index in [4.69, 9.17) is 16.3 Å². The molecule has 9 heteroatoms. The molecule has 0 bridgehead atoms. The van der Waals surface area contributed by atoms with Gasteiger partial charge in [-0.1, -0.05) is 11.6 Å². The Kier molecular flexibility index (Phi) is 6.39. The van der Waals surface area contributed by atoms with Crippen LogP contribution in [-0.4, -0.2) is 60.6 Å². The Balaban J connectivity index is 1.91. The summed E-state index contributed by atoms with van der Waals surface area (Å²) in [5.41, 5.74) is 1.65. The van der Waals surface area contributed by atoms with Gasteiger partial charge in [-0.05, 0) is 43.5 Å². The maximum atomic E-state index is 12.5. The number of amides is 2. The number of carbonyl (C=O) groups excluding carboxylic acids is 2. The van der Waals surface area contributed by atoms with Gasteiger partial charge in [-0.25, -0.2) is 0 Å². The largest absolute Gasteiger partial charge is 0.484 e. The molecule has 1 heterocycles. The van der Waals surface area contributed by atoms with Gasteiger partial charge in [0.1, 0.15) is 5.75 Å².